The molecule has 1 aromatic carbocycles. The molecule has 2 saturated heterocycles. The number of carbonyl (C=O) groups excluding carboxylic acids is 1. The number of benzene rings is 1. The Labute approximate surface area is 123 Å². The molecular weight excluding hydrogens is 272 g/mol. The average Bonchev–Trinajstić information content (AvgIpc) is 3.01. The van der Waals surface area contributed by atoms with Gasteiger partial charge in [0.25, 0.3) is 5.91 Å². The molecule has 1 atom stereocenters. The van der Waals surface area contributed by atoms with Gasteiger partial charge in [-0.25, -0.2) is 0 Å². The normalized spacial score (nSPS) is 22.8. The summed E-state index contributed by atoms with van der Waals surface area (Å²) in [5.41, 5.74) is 1.87. The van der Waals surface area contributed by atoms with Crippen LogP contribution in [-0.2, 0) is 4.74 Å². The molecule has 1 amide bonds. The Bertz CT molecular complexity index is 451. The van der Waals surface area contributed by atoms with Gasteiger partial charge in [0, 0.05) is 36.1 Å². The van der Waals surface area contributed by atoms with Crippen molar-refractivity contribution in [1.82, 2.24) is 4.90 Å². The molecule has 0 bridgehead atoms. The second-order valence-electron chi connectivity index (χ2n) is 5.19. The molecule has 0 aromatic heterocycles. The number of amides is 1. The quantitative estimate of drug-likeness (QED) is 0.926. The fourth-order valence-electron chi connectivity index (χ4n) is 2.54. The van der Waals surface area contributed by atoms with Crippen molar-refractivity contribution in [3.8, 4) is 0 Å². The summed E-state index contributed by atoms with van der Waals surface area (Å²) in [4.78, 5) is 14.2. The van der Waals surface area contributed by atoms with Crippen LogP contribution in [0.15, 0.2) is 24.3 Å². The molecular formula is C15H20N2O2S. The summed E-state index contributed by atoms with van der Waals surface area (Å²) in [5.74, 6) is 2.52. The number of ether oxygens (including phenoxy) is 1. The van der Waals surface area contributed by atoms with Crippen LogP contribution in [-0.4, -0.2) is 54.7 Å². The molecule has 0 spiro atoms. The molecule has 1 aromatic rings. The molecule has 0 unspecified atom stereocenters. The van der Waals surface area contributed by atoms with Crippen LogP contribution in [0.5, 0.6) is 0 Å². The van der Waals surface area contributed by atoms with Crippen LogP contribution in [0.2, 0.25) is 0 Å². The third kappa shape index (κ3) is 3.27. The van der Waals surface area contributed by atoms with Gasteiger partial charge >= 0.3 is 0 Å². The topological polar surface area (TPSA) is 41.6 Å². The summed E-state index contributed by atoms with van der Waals surface area (Å²) in [6.45, 7) is 2.67. The van der Waals surface area contributed by atoms with Crippen LogP contribution in [0.3, 0.4) is 0 Å². The highest BCUT2D eigenvalue weighted by Crippen LogP contribution is 2.21. The van der Waals surface area contributed by atoms with E-state index in [2.05, 4.69) is 5.32 Å². The maximum atomic E-state index is 12.3. The van der Waals surface area contributed by atoms with E-state index in [-0.39, 0.29) is 5.91 Å². The number of morpholine rings is 1. The predicted molar refractivity (Wildman–Crippen MR) is 82.5 cm³/mol. The zero-order valence-corrected chi connectivity index (χ0v) is 12.3. The van der Waals surface area contributed by atoms with Crippen molar-refractivity contribution in [2.45, 2.75) is 12.5 Å². The Morgan fingerprint density at radius 3 is 2.65 bits per heavy atom. The van der Waals surface area contributed by atoms with Gasteiger partial charge in [-0.3, -0.25) is 4.79 Å². The van der Waals surface area contributed by atoms with Crippen LogP contribution < -0.4 is 5.32 Å². The minimum Gasteiger partial charge on any atom is -0.381 e. The number of carbonyl (C=O) groups is 1. The average molecular weight is 292 g/mol. The molecule has 1 N–H and O–H groups in total. The van der Waals surface area contributed by atoms with Gasteiger partial charge in [-0.15, -0.1) is 0 Å². The van der Waals surface area contributed by atoms with Crippen LogP contribution in [0.4, 0.5) is 5.69 Å². The van der Waals surface area contributed by atoms with Crippen molar-refractivity contribution < 1.29 is 9.53 Å². The highest BCUT2D eigenvalue weighted by molar-refractivity contribution is 7.99. The lowest BCUT2D eigenvalue weighted by Crippen LogP contribution is -2.40. The second kappa shape index (κ2) is 6.50. The standard InChI is InChI=1S/C15H20N2O2S/c18-15(17-6-8-19-9-7-17)12-1-3-13(4-2-12)16-14-5-10-20-11-14/h1-4,14,16H,5-11H2/t14-/m0/s1. The van der Waals surface area contributed by atoms with E-state index < -0.39 is 0 Å². The van der Waals surface area contributed by atoms with Gasteiger partial charge in [-0.1, -0.05) is 0 Å². The second-order valence-corrected chi connectivity index (χ2v) is 6.34. The minimum absolute atomic E-state index is 0.108. The lowest BCUT2D eigenvalue weighted by Gasteiger charge is -2.27. The summed E-state index contributed by atoms with van der Waals surface area (Å²) >= 11 is 1.99. The van der Waals surface area contributed by atoms with Gasteiger partial charge in [0.15, 0.2) is 0 Å². The molecule has 0 radical (unpaired) electrons. The summed E-state index contributed by atoms with van der Waals surface area (Å²) in [7, 11) is 0. The molecule has 0 aliphatic carbocycles. The summed E-state index contributed by atoms with van der Waals surface area (Å²) < 4.78 is 5.27. The van der Waals surface area contributed by atoms with E-state index in [1.54, 1.807) is 0 Å². The minimum atomic E-state index is 0.108. The highest BCUT2D eigenvalue weighted by atomic mass is 32.2. The van der Waals surface area contributed by atoms with Crippen LogP contribution in [0, 0.1) is 0 Å². The molecule has 20 heavy (non-hydrogen) atoms. The van der Waals surface area contributed by atoms with E-state index in [9.17, 15) is 4.79 Å². The van der Waals surface area contributed by atoms with Gasteiger partial charge in [0.1, 0.15) is 0 Å². The maximum absolute atomic E-state index is 12.3. The molecule has 2 fully saturated rings. The van der Waals surface area contributed by atoms with Crippen molar-refractivity contribution in [3.05, 3.63) is 29.8 Å². The molecule has 4 nitrogen and oxygen atoms in total. The Morgan fingerprint density at radius 2 is 2.00 bits per heavy atom. The van der Waals surface area contributed by atoms with Crippen molar-refractivity contribution in [3.63, 3.8) is 0 Å². The first-order valence-electron chi connectivity index (χ1n) is 7.14. The van der Waals surface area contributed by atoms with Gasteiger partial charge in [0.05, 0.1) is 13.2 Å². The SMILES string of the molecule is O=C(c1ccc(N[C@H]2CCSC2)cc1)N1CCOCC1. The van der Waals surface area contributed by atoms with Gasteiger partial charge in [0.2, 0.25) is 0 Å². The largest absolute Gasteiger partial charge is 0.381 e. The summed E-state index contributed by atoms with van der Waals surface area (Å²) in [6.07, 6.45) is 1.22. The van der Waals surface area contributed by atoms with E-state index in [1.807, 2.05) is 40.9 Å². The fraction of sp³-hybridized carbons (Fsp3) is 0.533. The smallest absolute Gasteiger partial charge is 0.254 e. The van der Waals surface area contributed by atoms with Crippen molar-refractivity contribution in [2.75, 3.05) is 43.1 Å². The predicted octanol–water partition coefficient (Wildman–Crippen LogP) is 2.08. The monoisotopic (exact) mass is 292 g/mol. The number of anilines is 1. The molecule has 2 aliphatic heterocycles. The van der Waals surface area contributed by atoms with Crippen LogP contribution in [0.25, 0.3) is 0 Å². The number of hydrogen-bond donors (Lipinski definition) is 1. The fourth-order valence-corrected chi connectivity index (χ4v) is 3.69. The van der Waals surface area contributed by atoms with Gasteiger partial charge in [-0.05, 0) is 36.4 Å². The molecule has 2 aliphatic rings. The highest BCUT2D eigenvalue weighted by Gasteiger charge is 2.19. The first-order chi connectivity index (χ1) is 9.83. The van der Waals surface area contributed by atoms with Crippen molar-refractivity contribution in [2.24, 2.45) is 0 Å². The number of nitrogens with zero attached hydrogens (tertiary/aromatic N) is 1. The number of hydrogen-bond acceptors (Lipinski definition) is 4. The van der Waals surface area contributed by atoms with Crippen molar-refractivity contribution >= 4 is 23.4 Å². The first kappa shape index (κ1) is 13.8. The van der Waals surface area contributed by atoms with E-state index in [1.165, 1.54) is 17.9 Å². The zero-order chi connectivity index (χ0) is 13.8. The van der Waals surface area contributed by atoms with Gasteiger partial charge in [-0.2, -0.15) is 11.8 Å². The Kier molecular flexibility index (Phi) is 4.47. The number of thioether (sulfide) groups is 1. The third-order valence-electron chi connectivity index (χ3n) is 3.73. The lowest BCUT2D eigenvalue weighted by molar-refractivity contribution is 0.0303. The van der Waals surface area contributed by atoms with E-state index in [4.69, 9.17) is 4.74 Å². The lowest BCUT2D eigenvalue weighted by atomic mass is 10.1. The molecule has 0 saturated carbocycles. The Morgan fingerprint density at radius 1 is 1.25 bits per heavy atom. The third-order valence-corrected chi connectivity index (χ3v) is 4.89. The zero-order valence-electron chi connectivity index (χ0n) is 11.5. The van der Waals surface area contributed by atoms with Crippen molar-refractivity contribution in [1.29, 1.82) is 0 Å². The molecule has 3 rings (SSSR count). The van der Waals surface area contributed by atoms with Crippen LogP contribution >= 0.6 is 11.8 Å². The number of nitrogens with one attached hydrogen (secondary N) is 1. The van der Waals surface area contributed by atoms with E-state index >= 15 is 0 Å². The number of rotatable bonds is 3. The Hall–Kier alpha value is -1.20. The van der Waals surface area contributed by atoms with Gasteiger partial charge < -0.3 is 15.0 Å². The summed E-state index contributed by atoms with van der Waals surface area (Å²) in [6, 6.07) is 8.43. The molecule has 108 valence electrons. The van der Waals surface area contributed by atoms with Crippen LogP contribution in [0.1, 0.15) is 16.8 Å². The van der Waals surface area contributed by atoms with E-state index in [0.717, 1.165) is 11.3 Å². The first-order valence-corrected chi connectivity index (χ1v) is 8.30. The summed E-state index contributed by atoms with van der Waals surface area (Å²) in [5, 5.41) is 3.52. The molecule has 2 heterocycles. The maximum Gasteiger partial charge on any atom is 0.254 e. The van der Waals surface area contributed by atoms with E-state index in [0.29, 0.717) is 32.3 Å². The molecule has 5 heteroatoms. The Balaban J connectivity index is 1.61.